The molecule has 1 aromatic heterocycles. The molecule has 102 valence electrons. The Morgan fingerprint density at radius 1 is 1.58 bits per heavy atom. The second-order valence-electron chi connectivity index (χ2n) is 4.75. The first-order valence-corrected chi connectivity index (χ1v) is 7.50. The van der Waals surface area contributed by atoms with Crippen molar-refractivity contribution in [3.8, 4) is 0 Å². The van der Waals surface area contributed by atoms with Gasteiger partial charge in [-0.1, -0.05) is 6.08 Å². The van der Waals surface area contributed by atoms with E-state index in [4.69, 9.17) is 11.6 Å². The number of carbonyl (C=O) groups is 1. The van der Waals surface area contributed by atoms with E-state index in [0.29, 0.717) is 11.6 Å². The molecule has 2 rings (SSSR count). The molecule has 1 aliphatic rings. The lowest BCUT2D eigenvalue weighted by molar-refractivity contribution is 0.107. The summed E-state index contributed by atoms with van der Waals surface area (Å²) in [4.78, 5) is 17.7. The second kappa shape index (κ2) is 6.53. The van der Waals surface area contributed by atoms with Gasteiger partial charge in [0, 0.05) is 23.8 Å². The molecular weight excluding hydrogens is 328 g/mol. The fraction of sp³-hybridized carbons (Fsp3) is 0.429. The molecule has 0 unspecified atom stereocenters. The zero-order valence-electron chi connectivity index (χ0n) is 10.6. The quantitative estimate of drug-likeness (QED) is 0.611. The largest absolute Gasteiger partial charge is 0.370 e. The molecule has 19 heavy (non-hydrogen) atoms. The first-order chi connectivity index (χ1) is 9.11. The predicted molar refractivity (Wildman–Crippen MR) is 81.9 cm³/mol. The Labute approximate surface area is 126 Å². The fourth-order valence-corrected chi connectivity index (χ4v) is 2.93. The number of halogens is 2. The molecule has 5 heteroatoms. The van der Waals surface area contributed by atoms with Crippen LogP contribution in [0.3, 0.4) is 0 Å². The van der Waals surface area contributed by atoms with E-state index >= 15 is 0 Å². The van der Waals surface area contributed by atoms with Crippen molar-refractivity contribution in [2.24, 2.45) is 5.92 Å². The lowest BCUT2D eigenvalue weighted by Crippen LogP contribution is -2.34. The highest BCUT2D eigenvalue weighted by Crippen LogP contribution is 2.29. The Hall–Kier alpha value is -0.870. The molecular formula is C14H16BrClN2O. The maximum absolute atomic E-state index is 11.4. The van der Waals surface area contributed by atoms with Crippen LogP contribution >= 0.6 is 27.5 Å². The van der Waals surface area contributed by atoms with Crippen molar-refractivity contribution in [3.05, 3.63) is 35.1 Å². The Balaban J connectivity index is 2.16. The summed E-state index contributed by atoms with van der Waals surface area (Å²) in [6, 6.07) is 1.91. The molecule has 0 N–H and O–H groups in total. The molecule has 2 heterocycles. The van der Waals surface area contributed by atoms with Crippen molar-refractivity contribution in [1.29, 1.82) is 0 Å². The Bertz CT molecular complexity index is 484. The van der Waals surface area contributed by atoms with Gasteiger partial charge in [0.2, 0.25) is 0 Å². The van der Waals surface area contributed by atoms with Crippen LogP contribution in [-0.2, 0) is 0 Å². The molecule has 0 amide bonds. The van der Waals surface area contributed by atoms with Crippen LogP contribution in [0.5, 0.6) is 0 Å². The monoisotopic (exact) mass is 342 g/mol. The molecule has 1 aliphatic heterocycles. The molecule has 0 spiro atoms. The van der Waals surface area contributed by atoms with Gasteiger partial charge in [-0.15, -0.1) is 6.58 Å². The van der Waals surface area contributed by atoms with Gasteiger partial charge in [0.1, 0.15) is 5.69 Å². The normalized spacial score (nSPS) is 16.4. The zero-order chi connectivity index (χ0) is 13.8. The number of nitrogens with zero attached hydrogens (tertiary/aromatic N) is 2. The van der Waals surface area contributed by atoms with Crippen LogP contribution in [0.2, 0.25) is 0 Å². The molecule has 1 aromatic rings. The molecule has 1 fully saturated rings. The Kier molecular flexibility index (Phi) is 4.99. The van der Waals surface area contributed by atoms with Gasteiger partial charge in [-0.2, -0.15) is 0 Å². The summed E-state index contributed by atoms with van der Waals surface area (Å²) < 4.78 is 0.859. The molecule has 0 aliphatic carbocycles. The second-order valence-corrected chi connectivity index (χ2v) is 6.01. The Morgan fingerprint density at radius 2 is 2.26 bits per heavy atom. The first kappa shape index (κ1) is 14.5. The Morgan fingerprint density at radius 3 is 2.84 bits per heavy atom. The minimum Gasteiger partial charge on any atom is -0.370 e. The highest BCUT2D eigenvalue weighted by molar-refractivity contribution is 9.10. The minimum absolute atomic E-state index is 0.340. The van der Waals surface area contributed by atoms with Crippen molar-refractivity contribution in [2.75, 3.05) is 18.0 Å². The van der Waals surface area contributed by atoms with Gasteiger partial charge in [0.15, 0.2) is 0 Å². The molecule has 1 saturated heterocycles. The first-order valence-electron chi connectivity index (χ1n) is 6.33. The van der Waals surface area contributed by atoms with Crippen LogP contribution in [0.25, 0.3) is 0 Å². The van der Waals surface area contributed by atoms with E-state index < -0.39 is 5.24 Å². The molecule has 0 saturated carbocycles. The summed E-state index contributed by atoms with van der Waals surface area (Å²) in [5.41, 5.74) is 1.17. The number of anilines is 1. The van der Waals surface area contributed by atoms with Crippen LogP contribution < -0.4 is 4.90 Å². The van der Waals surface area contributed by atoms with E-state index in [9.17, 15) is 4.79 Å². The third-order valence-electron chi connectivity index (χ3n) is 3.48. The predicted octanol–water partition coefficient (Wildman–Crippen LogP) is 4.02. The standard InChI is InChI=1S/C14H16BrClN2O/c1-2-3-10-4-6-18(7-5-10)12-8-11(15)9-17-13(12)14(16)19/h2,8-10H,1,3-7H2. The van der Waals surface area contributed by atoms with Crippen LogP contribution in [0.1, 0.15) is 29.8 Å². The molecule has 3 nitrogen and oxygen atoms in total. The van der Waals surface area contributed by atoms with E-state index in [2.05, 4.69) is 32.4 Å². The van der Waals surface area contributed by atoms with Crippen molar-refractivity contribution >= 4 is 38.5 Å². The van der Waals surface area contributed by atoms with Gasteiger partial charge in [-0.3, -0.25) is 4.79 Å². The van der Waals surface area contributed by atoms with Crippen LogP contribution in [-0.4, -0.2) is 23.3 Å². The smallest absolute Gasteiger partial charge is 0.272 e. The van der Waals surface area contributed by atoms with Crippen molar-refractivity contribution in [3.63, 3.8) is 0 Å². The summed E-state index contributed by atoms with van der Waals surface area (Å²) in [7, 11) is 0. The number of hydrogen-bond donors (Lipinski definition) is 0. The SMILES string of the molecule is C=CCC1CCN(c2cc(Br)cnc2C(=O)Cl)CC1. The number of piperidine rings is 1. The van der Waals surface area contributed by atoms with Crippen LogP contribution in [0, 0.1) is 5.92 Å². The van der Waals surface area contributed by atoms with Crippen molar-refractivity contribution < 1.29 is 4.79 Å². The summed E-state index contributed by atoms with van der Waals surface area (Å²) in [5.74, 6) is 0.698. The highest BCUT2D eigenvalue weighted by Gasteiger charge is 2.22. The van der Waals surface area contributed by atoms with Gasteiger partial charge in [-0.25, -0.2) is 4.98 Å². The van der Waals surface area contributed by atoms with E-state index in [1.54, 1.807) is 6.20 Å². The third kappa shape index (κ3) is 3.57. The van der Waals surface area contributed by atoms with E-state index in [0.717, 1.165) is 42.5 Å². The van der Waals surface area contributed by atoms with Gasteiger partial charge in [0.05, 0.1) is 5.69 Å². The molecule has 0 aromatic carbocycles. The number of aromatic nitrogens is 1. The van der Waals surface area contributed by atoms with Crippen LogP contribution in [0.15, 0.2) is 29.4 Å². The van der Waals surface area contributed by atoms with Gasteiger partial charge in [-0.05, 0) is 58.8 Å². The minimum atomic E-state index is -0.504. The number of allylic oxidation sites excluding steroid dienone is 1. The molecule has 0 radical (unpaired) electrons. The van der Waals surface area contributed by atoms with E-state index in [1.807, 2.05) is 12.1 Å². The molecule has 0 atom stereocenters. The van der Waals surface area contributed by atoms with Gasteiger partial charge < -0.3 is 4.90 Å². The van der Waals surface area contributed by atoms with Gasteiger partial charge in [0.25, 0.3) is 5.24 Å². The lowest BCUT2D eigenvalue weighted by atomic mass is 9.93. The average Bonchev–Trinajstić information content (AvgIpc) is 2.39. The molecule has 0 bridgehead atoms. The van der Waals surface area contributed by atoms with E-state index in [1.165, 1.54) is 0 Å². The van der Waals surface area contributed by atoms with Crippen molar-refractivity contribution in [1.82, 2.24) is 4.98 Å². The van der Waals surface area contributed by atoms with Crippen molar-refractivity contribution in [2.45, 2.75) is 19.3 Å². The summed E-state index contributed by atoms with van der Waals surface area (Å²) >= 11 is 8.99. The summed E-state index contributed by atoms with van der Waals surface area (Å²) in [6.45, 7) is 5.64. The van der Waals surface area contributed by atoms with Crippen LogP contribution in [0.4, 0.5) is 5.69 Å². The topological polar surface area (TPSA) is 33.2 Å². The highest BCUT2D eigenvalue weighted by atomic mass is 79.9. The number of carbonyl (C=O) groups excluding carboxylic acids is 1. The summed E-state index contributed by atoms with van der Waals surface area (Å²) in [6.07, 6.45) is 6.85. The number of rotatable bonds is 4. The number of hydrogen-bond acceptors (Lipinski definition) is 3. The average molecular weight is 344 g/mol. The summed E-state index contributed by atoms with van der Waals surface area (Å²) in [5, 5.41) is -0.504. The maximum atomic E-state index is 11.4. The fourth-order valence-electron chi connectivity index (χ4n) is 2.47. The third-order valence-corrected chi connectivity index (χ3v) is 4.09. The lowest BCUT2D eigenvalue weighted by Gasteiger charge is -2.33. The zero-order valence-corrected chi connectivity index (χ0v) is 13.0. The number of pyridine rings is 1. The van der Waals surface area contributed by atoms with Gasteiger partial charge >= 0.3 is 0 Å². The maximum Gasteiger partial charge on any atom is 0.272 e. The van der Waals surface area contributed by atoms with E-state index in [-0.39, 0.29) is 0 Å².